The maximum Gasteiger partial charge on any atom is 0.143 e. The van der Waals surface area contributed by atoms with E-state index in [9.17, 15) is 0 Å². The van der Waals surface area contributed by atoms with Gasteiger partial charge in [0.05, 0.1) is 0 Å². The Kier molecular flexibility index (Phi) is 7.20. The summed E-state index contributed by atoms with van der Waals surface area (Å²) in [6.45, 7) is 0. The van der Waals surface area contributed by atoms with Crippen LogP contribution < -0.4 is 9.47 Å². The van der Waals surface area contributed by atoms with E-state index in [1.54, 1.807) is 0 Å². The number of ether oxygens (including phenoxy) is 2. The normalized spacial score (nSPS) is 21.1. The molecule has 0 N–H and O–H groups in total. The maximum absolute atomic E-state index is 7.18. The summed E-state index contributed by atoms with van der Waals surface area (Å²) in [5, 5.41) is 0. The van der Waals surface area contributed by atoms with Crippen molar-refractivity contribution in [2.45, 2.75) is 31.5 Å². The molecule has 2 heterocycles. The molecule has 43 heavy (non-hydrogen) atoms. The topological polar surface area (TPSA) is 18.5 Å². The van der Waals surface area contributed by atoms with Gasteiger partial charge in [-0.05, 0) is 76.1 Å². The molecule has 212 valence electrons. The van der Waals surface area contributed by atoms with Crippen LogP contribution in [0.2, 0.25) is 0 Å². The summed E-state index contributed by atoms with van der Waals surface area (Å²) in [6.07, 6.45) is 3.79. The summed E-state index contributed by atoms with van der Waals surface area (Å²) in [5.41, 5.74) is 12.2. The van der Waals surface area contributed by atoms with Gasteiger partial charge in [-0.25, -0.2) is 0 Å². The average Bonchev–Trinajstić information content (AvgIpc) is 3.88. The molecule has 6 unspecified atom stereocenters. The van der Waals surface area contributed by atoms with Crippen molar-refractivity contribution in [1.29, 1.82) is 0 Å². The number of hydrogen-bond acceptors (Lipinski definition) is 2. The van der Waals surface area contributed by atoms with Crippen molar-refractivity contribution in [3.63, 3.8) is 0 Å². The van der Waals surface area contributed by atoms with Crippen molar-refractivity contribution in [3.8, 4) is 55.5 Å². The lowest BCUT2D eigenvalue weighted by Gasteiger charge is -2.32. The highest BCUT2D eigenvalue weighted by atomic mass is 31.0. The monoisotopic (exact) mass is 596 g/mol. The number of rotatable bonds is 8. The Morgan fingerprint density at radius 3 is 1.16 bits per heavy atom. The lowest BCUT2D eigenvalue weighted by molar-refractivity contribution is 0.0206. The first-order valence-electron chi connectivity index (χ1n) is 15.3. The van der Waals surface area contributed by atoms with E-state index in [0.29, 0.717) is 28.2 Å². The molecule has 6 atom stereocenters. The van der Waals surface area contributed by atoms with Gasteiger partial charge < -0.3 is 9.47 Å². The van der Waals surface area contributed by atoms with E-state index in [4.69, 9.17) is 9.47 Å². The second-order valence-corrected chi connectivity index (χ2v) is 13.8. The third-order valence-electron chi connectivity index (χ3n) is 9.26. The molecule has 4 heteroatoms. The highest BCUT2D eigenvalue weighted by molar-refractivity contribution is 7.33. The minimum Gasteiger partial charge on any atom is -0.482 e. The Morgan fingerprint density at radius 2 is 0.791 bits per heavy atom. The summed E-state index contributed by atoms with van der Waals surface area (Å²) in [4.78, 5) is 0. The van der Waals surface area contributed by atoms with Gasteiger partial charge in [-0.2, -0.15) is 0 Å². The molecule has 6 aromatic rings. The Labute approximate surface area is 256 Å². The quantitative estimate of drug-likeness (QED) is 0.174. The summed E-state index contributed by atoms with van der Waals surface area (Å²) in [7, 11) is 1.02. The zero-order chi connectivity index (χ0) is 28.6. The molecule has 2 saturated carbocycles. The minimum absolute atomic E-state index is 0.0681. The number of benzene rings is 4. The molecule has 0 spiro atoms. The molecule has 0 saturated heterocycles. The molecule has 4 aromatic carbocycles. The van der Waals surface area contributed by atoms with Crippen molar-refractivity contribution in [2.24, 2.45) is 11.8 Å². The predicted molar refractivity (Wildman–Crippen MR) is 183 cm³/mol. The van der Waals surface area contributed by atoms with E-state index < -0.39 is 0 Å². The maximum atomic E-state index is 7.18. The second-order valence-electron chi connectivity index (χ2n) is 11.8. The summed E-state index contributed by atoms with van der Waals surface area (Å²) >= 11 is 0. The van der Waals surface area contributed by atoms with E-state index in [-0.39, 0.29) is 12.2 Å². The van der Waals surface area contributed by atoms with Crippen LogP contribution in [-0.2, 0) is 0 Å². The zero-order valence-electron chi connectivity index (χ0n) is 23.9. The number of hydrogen-bond donors (Lipinski definition) is 0. The van der Waals surface area contributed by atoms with Gasteiger partial charge in [0, 0.05) is 11.1 Å². The molecule has 2 fully saturated rings. The minimum atomic E-state index is 0.0681. The third-order valence-corrected chi connectivity index (χ3v) is 11.4. The molecule has 0 radical (unpaired) electrons. The van der Waals surface area contributed by atoms with Crippen LogP contribution >= 0.6 is 16.4 Å². The molecule has 2 aliphatic carbocycles. The van der Waals surface area contributed by atoms with Crippen LogP contribution in [0, 0.1) is 11.8 Å². The Balaban J connectivity index is 1.16. The number of fused-ring (bicyclic) bond motifs is 2. The molecule has 2 nitrogen and oxygen atoms in total. The first-order chi connectivity index (χ1) is 21.3. The van der Waals surface area contributed by atoms with Crippen molar-refractivity contribution >= 4 is 16.4 Å². The van der Waals surface area contributed by atoms with E-state index in [0.717, 1.165) is 11.0 Å². The fourth-order valence-electron chi connectivity index (χ4n) is 7.25. The molecule has 0 aliphatic heterocycles. The van der Waals surface area contributed by atoms with Crippen molar-refractivity contribution in [3.05, 3.63) is 133 Å². The van der Waals surface area contributed by atoms with Gasteiger partial charge in [0.1, 0.15) is 23.2 Å². The van der Waals surface area contributed by atoms with Crippen molar-refractivity contribution in [1.82, 2.24) is 0 Å². The van der Waals surface area contributed by atoms with Crippen LogP contribution in [-0.4, -0.2) is 12.2 Å². The van der Waals surface area contributed by atoms with E-state index in [1.165, 1.54) is 63.8 Å². The Bertz CT molecular complexity index is 1670. The first kappa shape index (κ1) is 26.7. The van der Waals surface area contributed by atoms with E-state index >= 15 is 0 Å². The Hall–Kier alpha value is -3.96. The Morgan fingerprint density at radius 1 is 0.442 bits per heavy atom. The highest BCUT2D eigenvalue weighted by Gasteiger charge is 2.51. The van der Waals surface area contributed by atoms with E-state index in [2.05, 4.69) is 133 Å². The molecular formula is C39H34O2P2. The lowest BCUT2D eigenvalue weighted by atomic mass is 9.94. The summed E-state index contributed by atoms with van der Waals surface area (Å²) in [6, 6.07) is 43.1. The SMILES string of the molecule is c1ccc(-c2c[pH]c(OC3C4CCC(C4)C3Oc3[pH]cc(-c4ccccc4)c3-c3ccccc3)c2-c2ccccc2)cc1. The predicted octanol–water partition coefficient (Wildman–Crippen LogP) is 11.0. The standard InChI is InChI=1S/C39H34O2P2/c1-5-13-26(14-6-1)32-24-42-38(34(32)28-17-9-3-10-18-28)40-36-30-21-22-31(23-30)37(36)41-39-35(29-19-11-4-12-20-29)33(25-43-39)27-15-7-2-8-16-27/h1-20,24-25,30-31,36-37,42-43H,21-23H2. The van der Waals surface area contributed by atoms with Crippen LogP contribution in [0.3, 0.4) is 0 Å². The smallest absolute Gasteiger partial charge is 0.143 e. The highest BCUT2D eigenvalue weighted by Crippen LogP contribution is 2.54. The van der Waals surface area contributed by atoms with Crippen LogP contribution in [0.15, 0.2) is 133 Å². The largest absolute Gasteiger partial charge is 0.482 e. The summed E-state index contributed by atoms with van der Waals surface area (Å²) < 4.78 is 14.4. The van der Waals surface area contributed by atoms with Crippen molar-refractivity contribution < 1.29 is 9.47 Å². The summed E-state index contributed by atoms with van der Waals surface area (Å²) in [5.74, 6) is 5.83. The molecule has 2 aliphatic rings. The van der Waals surface area contributed by atoms with Gasteiger partial charge in [0.2, 0.25) is 0 Å². The molecular weight excluding hydrogens is 562 g/mol. The zero-order valence-corrected chi connectivity index (χ0v) is 25.9. The fourth-order valence-corrected chi connectivity index (χ4v) is 9.68. The average molecular weight is 597 g/mol. The van der Waals surface area contributed by atoms with Crippen molar-refractivity contribution in [2.75, 3.05) is 0 Å². The third kappa shape index (κ3) is 5.04. The van der Waals surface area contributed by atoms with Gasteiger partial charge >= 0.3 is 0 Å². The van der Waals surface area contributed by atoms with Crippen LogP contribution in [0.25, 0.3) is 44.5 Å². The second kappa shape index (κ2) is 11.6. The fraction of sp³-hybridized carbons (Fsp3) is 0.179. The molecule has 2 aromatic heterocycles. The lowest BCUT2D eigenvalue weighted by Crippen LogP contribution is -2.41. The van der Waals surface area contributed by atoms with Gasteiger partial charge in [-0.15, -0.1) is 0 Å². The van der Waals surface area contributed by atoms with Crippen LogP contribution in [0.1, 0.15) is 19.3 Å². The van der Waals surface area contributed by atoms with Gasteiger partial charge in [0.15, 0.2) is 0 Å². The van der Waals surface area contributed by atoms with E-state index in [1.807, 2.05) is 0 Å². The van der Waals surface area contributed by atoms with Crippen LogP contribution in [0.4, 0.5) is 0 Å². The van der Waals surface area contributed by atoms with Gasteiger partial charge in [0.25, 0.3) is 0 Å². The van der Waals surface area contributed by atoms with Gasteiger partial charge in [-0.3, -0.25) is 0 Å². The molecule has 8 rings (SSSR count). The van der Waals surface area contributed by atoms with Gasteiger partial charge in [-0.1, -0.05) is 138 Å². The van der Waals surface area contributed by atoms with Crippen LogP contribution in [0.5, 0.6) is 11.0 Å². The molecule has 0 amide bonds. The first-order valence-corrected chi connectivity index (χ1v) is 17.5. The molecule has 2 bridgehead atoms.